The molecular formula is C19H24N2O4S. The molecule has 0 unspecified atom stereocenters. The maximum absolute atomic E-state index is 12.2. The number of amides is 2. The van der Waals surface area contributed by atoms with Gasteiger partial charge in [-0.2, -0.15) is 0 Å². The third-order valence-electron chi connectivity index (χ3n) is 3.61. The predicted molar refractivity (Wildman–Crippen MR) is 102 cm³/mol. The number of rotatable bonds is 9. The van der Waals surface area contributed by atoms with Crippen molar-refractivity contribution < 1.29 is 19.1 Å². The fourth-order valence-electron chi connectivity index (χ4n) is 2.28. The number of ether oxygens (including phenoxy) is 2. The van der Waals surface area contributed by atoms with Gasteiger partial charge in [-0.1, -0.05) is 13.0 Å². The quantitative estimate of drug-likeness (QED) is 0.658. The van der Waals surface area contributed by atoms with Crippen LogP contribution in [-0.4, -0.2) is 25.5 Å². The summed E-state index contributed by atoms with van der Waals surface area (Å²) in [5.74, 6) is 0.443. The van der Waals surface area contributed by atoms with E-state index >= 15 is 0 Å². The van der Waals surface area contributed by atoms with Gasteiger partial charge in [-0.25, -0.2) is 0 Å². The number of hydrogen-bond acceptors (Lipinski definition) is 5. The molecule has 1 aromatic carbocycles. The normalized spacial score (nSPS) is 10.2. The molecule has 0 spiro atoms. The van der Waals surface area contributed by atoms with Gasteiger partial charge in [0, 0.05) is 16.9 Å². The van der Waals surface area contributed by atoms with Crippen LogP contribution in [0.5, 0.6) is 11.5 Å². The molecule has 0 fully saturated rings. The van der Waals surface area contributed by atoms with Crippen molar-refractivity contribution in [3.05, 3.63) is 46.2 Å². The number of hydrogen-bond donors (Lipinski definition) is 2. The number of hydrazine groups is 1. The lowest BCUT2D eigenvalue weighted by molar-refractivity contribution is -0.121. The van der Waals surface area contributed by atoms with Crippen LogP contribution in [0.1, 0.15) is 41.4 Å². The summed E-state index contributed by atoms with van der Waals surface area (Å²) < 4.78 is 10.8. The van der Waals surface area contributed by atoms with E-state index in [2.05, 4.69) is 10.9 Å². The van der Waals surface area contributed by atoms with Gasteiger partial charge in [0.2, 0.25) is 5.91 Å². The maximum atomic E-state index is 12.2. The molecule has 0 radical (unpaired) electrons. The van der Waals surface area contributed by atoms with Crippen molar-refractivity contribution in [1.29, 1.82) is 0 Å². The van der Waals surface area contributed by atoms with E-state index in [1.165, 1.54) is 12.0 Å². The van der Waals surface area contributed by atoms with Gasteiger partial charge in [-0.15, -0.1) is 11.3 Å². The van der Waals surface area contributed by atoms with E-state index in [0.717, 1.165) is 19.3 Å². The molecule has 6 nitrogen and oxygen atoms in total. The highest BCUT2D eigenvalue weighted by Gasteiger charge is 2.12. The van der Waals surface area contributed by atoms with E-state index in [9.17, 15) is 9.59 Å². The summed E-state index contributed by atoms with van der Waals surface area (Å²) in [6.45, 7) is 2.58. The molecule has 0 aliphatic rings. The largest absolute Gasteiger partial charge is 0.493 e. The number of benzene rings is 1. The Hall–Kier alpha value is -2.54. The van der Waals surface area contributed by atoms with Crippen molar-refractivity contribution >= 4 is 23.2 Å². The Morgan fingerprint density at radius 3 is 2.69 bits per heavy atom. The lowest BCUT2D eigenvalue weighted by Gasteiger charge is -2.12. The minimum absolute atomic E-state index is 0.218. The fraction of sp³-hybridized carbons (Fsp3) is 0.368. The molecule has 1 heterocycles. The van der Waals surface area contributed by atoms with Crippen LogP contribution in [0.15, 0.2) is 35.7 Å². The van der Waals surface area contributed by atoms with Crippen molar-refractivity contribution in [2.24, 2.45) is 0 Å². The first-order valence-electron chi connectivity index (χ1n) is 8.56. The van der Waals surface area contributed by atoms with Crippen LogP contribution >= 0.6 is 11.3 Å². The molecule has 0 atom stereocenters. The average molecular weight is 376 g/mol. The van der Waals surface area contributed by atoms with Crippen LogP contribution in [-0.2, 0) is 11.2 Å². The molecule has 2 N–H and O–H groups in total. The van der Waals surface area contributed by atoms with E-state index in [0.29, 0.717) is 30.1 Å². The van der Waals surface area contributed by atoms with Crippen molar-refractivity contribution in [3.63, 3.8) is 0 Å². The highest BCUT2D eigenvalue weighted by molar-refractivity contribution is 7.09. The topological polar surface area (TPSA) is 76.7 Å². The Bertz CT molecular complexity index is 716. The Labute approximate surface area is 157 Å². The van der Waals surface area contributed by atoms with Crippen molar-refractivity contribution in [2.45, 2.75) is 32.6 Å². The summed E-state index contributed by atoms with van der Waals surface area (Å²) in [5, 5.41) is 2.02. The average Bonchev–Trinajstić information content (AvgIpc) is 3.17. The number of nitrogens with one attached hydrogen (secondary N) is 2. The van der Waals surface area contributed by atoms with Gasteiger partial charge in [-0.05, 0) is 48.9 Å². The molecule has 26 heavy (non-hydrogen) atoms. The van der Waals surface area contributed by atoms with Crippen molar-refractivity contribution in [2.75, 3.05) is 13.7 Å². The first-order valence-corrected chi connectivity index (χ1v) is 9.44. The minimum Gasteiger partial charge on any atom is -0.493 e. The molecule has 2 aromatic rings. The molecular weight excluding hydrogens is 352 g/mol. The number of thiophene rings is 1. The van der Waals surface area contributed by atoms with Gasteiger partial charge >= 0.3 is 0 Å². The lowest BCUT2D eigenvalue weighted by Crippen LogP contribution is -2.41. The molecule has 1 aromatic heterocycles. The third kappa shape index (κ3) is 6.07. The number of carbonyl (C=O) groups is 2. The first kappa shape index (κ1) is 19.8. The van der Waals surface area contributed by atoms with Gasteiger partial charge in [0.25, 0.3) is 5.91 Å². The first-order chi connectivity index (χ1) is 12.6. The minimum atomic E-state index is -0.406. The molecule has 0 saturated heterocycles. The SMILES string of the molecule is CCCOc1ccc(C(=O)NNC(=O)CCCc2cccs2)cc1OC. The summed E-state index contributed by atoms with van der Waals surface area (Å²) in [5.41, 5.74) is 5.24. The second kappa shape index (κ2) is 10.5. The van der Waals surface area contributed by atoms with Crippen LogP contribution in [0.25, 0.3) is 0 Å². The number of carbonyl (C=O) groups excluding carboxylic acids is 2. The third-order valence-corrected chi connectivity index (χ3v) is 4.55. The molecule has 0 bridgehead atoms. The van der Waals surface area contributed by atoms with Crippen LogP contribution in [0.3, 0.4) is 0 Å². The van der Waals surface area contributed by atoms with Crippen molar-refractivity contribution in [3.8, 4) is 11.5 Å². The monoisotopic (exact) mass is 376 g/mol. The summed E-state index contributed by atoms with van der Waals surface area (Å²) in [4.78, 5) is 25.3. The molecule has 140 valence electrons. The van der Waals surface area contributed by atoms with Crippen LogP contribution in [0, 0.1) is 0 Å². The highest BCUT2D eigenvalue weighted by Crippen LogP contribution is 2.28. The number of methoxy groups -OCH3 is 1. The maximum Gasteiger partial charge on any atom is 0.269 e. The summed E-state index contributed by atoms with van der Waals surface area (Å²) >= 11 is 1.68. The van der Waals surface area contributed by atoms with E-state index in [1.807, 2.05) is 24.4 Å². The lowest BCUT2D eigenvalue weighted by atomic mass is 10.2. The molecule has 0 aliphatic carbocycles. The van der Waals surface area contributed by atoms with E-state index in [4.69, 9.17) is 9.47 Å². The summed E-state index contributed by atoms with van der Waals surface area (Å²) in [7, 11) is 1.52. The standard InChI is InChI=1S/C19H24N2O4S/c1-3-11-25-16-10-9-14(13-17(16)24-2)19(23)21-20-18(22)8-4-6-15-7-5-12-26-15/h5,7,9-10,12-13H,3-4,6,8,11H2,1-2H3,(H,20,22)(H,21,23). The van der Waals surface area contributed by atoms with Gasteiger partial charge < -0.3 is 9.47 Å². The van der Waals surface area contributed by atoms with Gasteiger partial charge in [0.1, 0.15) is 0 Å². The fourth-order valence-corrected chi connectivity index (χ4v) is 3.03. The van der Waals surface area contributed by atoms with E-state index in [1.54, 1.807) is 29.5 Å². The second-order valence-electron chi connectivity index (χ2n) is 5.65. The number of aryl methyl sites for hydroxylation is 1. The van der Waals surface area contributed by atoms with Gasteiger partial charge in [0.15, 0.2) is 11.5 Å². The zero-order valence-corrected chi connectivity index (χ0v) is 15.9. The Morgan fingerprint density at radius 1 is 1.15 bits per heavy atom. The smallest absolute Gasteiger partial charge is 0.269 e. The second-order valence-corrected chi connectivity index (χ2v) is 6.68. The molecule has 2 rings (SSSR count). The molecule has 0 aliphatic heterocycles. The van der Waals surface area contributed by atoms with Crippen LogP contribution in [0.2, 0.25) is 0 Å². The molecule has 7 heteroatoms. The zero-order chi connectivity index (χ0) is 18.8. The summed E-state index contributed by atoms with van der Waals surface area (Å²) in [6.07, 6.45) is 2.82. The zero-order valence-electron chi connectivity index (χ0n) is 15.0. The predicted octanol–water partition coefficient (Wildman–Crippen LogP) is 3.33. The van der Waals surface area contributed by atoms with Gasteiger partial charge in [-0.3, -0.25) is 20.4 Å². The van der Waals surface area contributed by atoms with E-state index < -0.39 is 5.91 Å². The van der Waals surface area contributed by atoms with Crippen LogP contribution < -0.4 is 20.3 Å². The van der Waals surface area contributed by atoms with Gasteiger partial charge in [0.05, 0.1) is 13.7 Å². The van der Waals surface area contributed by atoms with E-state index in [-0.39, 0.29) is 5.91 Å². The molecule has 0 saturated carbocycles. The highest BCUT2D eigenvalue weighted by atomic mass is 32.1. The molecule has 2 amide bonds. The summed E-state index contributed by atoms with van der Waals surface area (Å²) in [6, 6.07) is 8.94. The van der Waals surface area contributed by atoms with Crippen molar-refractivity contribution in [1.82, 2.24) is 10.9 Å². The Balaban J connectivity index is 1.80. The Kier molecular flexibility index (Phi) is 7.95. The Morgan fingerprint density at radius 2 is 2.00 bits per heavy atom. The van der Waals surface area contributed by atoms with Crippen LogP contribution in [0.4, 0.5) is 0 Å².